The van der Waals surface area contributed by atoms with Crippen molar-refractivity contribution in [2.24, 2.45) is 0 Å². The van der Waals surface area contributed by atoms with Crippen molar-refractivity contribution < 1.29 is 5.11 Å². The van der Waals surface area contributed by atoms with Gasteiger partial charge in [-0.3, -0.25) is 0 Å². The van der Waals surface area contributed by atoms with E-state index in [1.807, 2.05) is 11.8 Å². The van der Waals surface area contributed by atoms with Gasteiger partial charge in [-0.1, -0.05) is 24.1 Å². The summed E-state index contributed by atoms with van der Waals surface area (Å²) in [7, 11) is 0. The smallest absolute Gasteiger partial charge is 0.0610 e. The average molecular weight is 293 g/mol. The van der Waals surface area contributed by atoms with E-state index in [9.17, 15) is 5.11 Å². The fraction of sp³-hybridized carbons (Fsp3) is 0.647. The van der Waals surface area contributed by atoms with Crippen LogP contribution in [0.25, 0.3) is 0 Å². The van der Waals surface area contributed by atoms with Crippen LogP contribution in [-0.4, -0.2) is 29.0 Å². The lowest BCUT2D eigenvalue weighted by molar-refractivity contribution is 0.161. The first-order valence-electron chi connectivity index (χ1n) is 7.69. The maximum absolute atomic E-state index is 9.56. The van der Waals surface area contributed by atoms with E-state index in [0.29, 0.717) is 6.04 Å². The standard InChI is InChI=1S/C17H27NOS/c1-14-6-5-7-16(12-14)20-11-4-3-10-17(2,13-19)18-15-8-9-15/h5-7,12,15,18-19H,3-4,8-11,13H2,1-2H3. The van der Waals surface area contributed by atoms with Gasteiger partial charge in [-0.25, -0.2) is 0 Å². The molecule has 1 aromatic carbocycles. The molecule has 112 valence electrons. The zero-order valence-corrected chi connectivity index (χ0v) is 13.5. The molecule has 2 nitrogen and oxygen atoms in total. The summed E-state index contributed by atoms with van der Waals surface area (Å²) in [6, 6.07) is 9.36. The normalized spacial score (nSPS) is 17.9. The van der Waals surface area contributed by atoms with E-state index in [1.54, 1.807) is 0 Å². The van der Waals surface area contributed by atoms with Crippen LogP contribution in [0.4, 0.5) is 0 Å². The maximum atomic E-state index is 9.56. The average Bonchev–Trinajstić information content (AvgIpc) is 3.22. The molecule has 20 heavy (non-hydrogen) atoms. The van der Waals surface area contributed by atoms with Crippen LogP contribution in [0.15, 0.2) is 29.2 Å². The summed E-state index contributed by atoms with van der Waals surface area (Å²) in [6.07, 6.45) is 6.00. The number of nitrogens with one attached hydrogen (secondary N) is 1. The largest absolute Gasteiger partial charge is 0.394 e. The predicted octanol–water partition coefficient (Wildman–Crippen LogP) is 3.76. The lowest BCUT2D eigenvalue weighted by Crippen LogP contribution is -2.46. The molecule has 0 heterocycles. The highest BCUT2D eigenvalue weighted by Gasteiger charge is 2.31. The number of benzene rings is 1. The molecular formula is C17H27NOS. The van der Waals surface area contributed by atoms with Gasteiger partial charge in [0, 0.05) is 16.5 Å². The molecule has 0 saturated heterocycles. The fourth-order valence-electron chi connectivity index (χ4n) is 2.43. The molecule has 1 unspecified atom stereocenters. The molecule has 0 bridgehead atoms. The summed E-state index contributed by atoms with van der Waals surface area (Å²) in [5.41, 5.74) is 1.26. The minimum absolute atomic E-state index is 0.0742. The van der Waals surface area contributed by atoms with Gasteiger partial charge in [-0.15, -0.1) is 11.8 Å². The summed E-state index contributed by atoms with van der Waals surface area (Å²) >= 11 is 1.94. The number of thioether (sulfide) groups is 1. The number of rotatable bonds is 9. The Balaban J connectivity index is 1.62. The molecule has 1 aromatic rings. The van der Waals surface area contributed by atoms with E-state index in [2.05, 4.69) is 43.4 Å². The number of aryl methyl sites for hydroxylation is 1. The molecule has 0 amide bonds. The second kappa shape index (κ2) is 7.48. The van der Waals surface area contributed by atoms with Gasteiger partial charge in [0.15, 0.2) is 0 Å². The second-order valence-electron chi connectivity index (χ2n) is 6.26. The van der Waals surface area contributed by atoms with Crippen LogP contribution in [-0.2, 0) is 0 Å². The SMILES string of the molecule is Cc1cccc(SCCCCC(C)(CO)NC2CC2)c1. The van der Waals surface area contributed by atoms with Gasteiger partial charge in [0.25, 0.3) is 0 Å². The van der Waals surface area contributed by atoms with Crippen molar-refractivity contribution >= 4 is 11.8 Å². The van der Waals surface area contributed by atoms with Crippen LogP contribution in [0.3, 0.4) is 0 Å². The molecule has 1 aliphatic rings. The van der Waals surface area contributed by atoms with Crippen molar-refractivity contribution in [1.29, 1.82) is 0 Å². The minimum Gasteiger partial charge on any atom is -0.394 e. The first-order chi connectivity index (χ1) is 9.61. The third kappa shape index (κ3) is 5.47. The van der Waals surface area contributed by atoms with E-state index in [0.717, 1.165) is 12.2 Å². The van der Waals surface area contributed by atoms with Crippen molar-refractivity contribution in [2.45, 2.75) is 62.4 Å². The maximum Gasteiger partial charge on any atom is 0.0610 e. The summed E-state index contributed by atoms with van der Waals surface area (Å²) in [5.74, 6) is 1.16. The molecule has 2 rings (SSSR count). The molecule has 1 aliphatic carbocycles. The molecule has 0 radical (unpaired) electrons. The Labute approximate surface area is 127 Å². The summed E-state index contributed by atoms with van der Waals surface area (Å²) in [6.45, 7) is 4.54. The van der Waals surface area contributed by atoms with Crippen molar-refractivity contribution in [3.63, 3.8) is 0 Å². The quantitative estimate of drug-likeness (QED) is 0.537. The zero-order chi connectivity index (χ0) is 14.4. The monoisotopic (exact) mass is 293 g/mol. The topological polar surface area (TPSA) is 32.3 Å². The highest BCUT2D eigenvalue weighted by Crippen LogP contribution is 2.26. The Morgan fingerprint density at radius 3 is 2.80 bits per heavy atom. The fourth-order valence-corrected chi connectivity index (χ4v) is 3.46. The lowest BCUT2D eigenvalue weighted by atomic mass is 9.96. The van der Waals surface area contributed by atoms with Crippen molar-refractivity contribution in [3.05, 3.63) is 29.8 Å². The first-order valence-corrected chi connectivity index (χ1v) is 8.68. The number of hydrogen-bond acceptors (Lipinski definition) is 3. The Morgan fingerprint density at radius 2 is 2.15 bits per heavy atom. The van der Waals surface area contributed by atoms with Crippen molar-refractivity contribution in [2.75, 3.05) is 12.4 Å². The number of aliphatic hydroxyl groups excluding tert-OH is 1. The van der Waals surface area contributed by atoms with Gasteiger partial charge in [-0.2, -0.15) is 0 Å². The summed E-state index contributed by atoms with van der Waals surface area (Å²) in [5, 5.41) is 13.1. The number of unbranched alkanes of at least 4 members (excludes halogenated alkanes) is 1. The highest BCUT2D eigenvalue weighted by atomic mass is 32.2. The number of aliphatic hydroxyl groups is 1. The molecule has 0 aromatic heterocycles. The third-order valence-electron chi connectivity index (χ3n) is 3.86. The lowest BCUT2D eigenvalue weighted by Gasteiger charge is -2.29. The van der Waals surface area contributed by atoms with Crippen LogP contribution in [0.5, 0.6) is 0 Å². The van der Waals surface area contributed by atoms with E-state index in [1.165, 1.54) is 36.1 Å². The van der Waals surface area contributed by atoms with Gasteiger partial charge in [0.1, 0.15) is 0 Å². The molecular weight excluding hydrogens is 266 g/mol. The van der Waals surface area contributed by atoms with Gasteiger partial charge in [-0.05, 0) is 57.4 Å². The second-order valence-corrected chi connectivity index (χ2v) is 7.43. The van der Waals surface area contributed by atoms with E-state index < -0.39 is 0 Å². The van der Waals surface area contributed by atoms with Crippen LogP contribution in [0.1, 0.15) is 44.6 Å². The molecule has 2 N–H and O–H groups in total. The van der Waals surface area contributed by atoms with Crippen molar-refractivity contribution in [1.82, 2.24) is 5.32 Å². The molecule has 3 heteroatoms. The van der Waals surface area contributed by atoms with Crippen LogP contribution in [0, 0.1) is 6.92 Å². The Morgan fingerprint density at radius 1 is 1.35 bits per heavy atom. The summed E-state index contributed by atoms with van der Waals surface area (Å²) in [4.78, 5) is 1.37. The Kier molecular flexibility index (Phi) is 5.94. The molecule has 1 fully saturated rings. The van der Waals surface area contributed by atoms with Gasteiger partial charge in [0.2, 0.25) is 0 Å². The van der Waals surface area contributed by atoms with E-state index >= 15 is 0 Å². The van der Waals surface area contributed by atoms with Crippen LogP contribution >= 0.6 is 11.8 Å². The molecule has 1 saturated carbocycles. The zero-order valence-electron chi connectivity index (χ0n) is 12.7. The van der Waals surface area contributed by atoms with Gasteiger partial charge >= 0.3 is 0 Å². The van der Waals surface area contributed by atoms with Gasteiger partial charge < -0.3 is 10.4 Å². The Bertz CT molecular complexity index is 419. The molecule has 0 spiro atoms. The first kappa shape index (κ1) is 15.9. The molecule has 1 atom stereocenters. The molecule has 0 aliphatic heterocycles. The number of hydrogen-bond donors (Lipinski definition) is 2. The Hall–Kier alpha value is -0.510. The predicted molar refractivity (Wildman–Crippen MR) is 87.4 cm³/mol. The highest BCUT2D eigenvalue weighted by molar-refractivity contribution is 7.99. The van der Waals surface area contributed by atoms with E-state index in [-0.39, 0.29) is 12.1 Å². The minimum atomic E-state index is -0.0742. The van der Waals surface area contributed by atoms with Crippen LogP contribution < -0.4 is 5.32 Å². The van der Waals surface area contributed by atoms with Gasteiger partial charge in [0.05, 0.1) is 6.61 Å². The van der Waals surface area contributed by atoms with E-state index in [4.69, 9.17) is 0 Å². The third-order valence-corrected chi connectivity index (χ3v) is 4.94. The van der Waals surface area contributed by atoms with Crippen LogP contribution in [0.2, 0.25) is 0 Å². The summed E-state index contributed by atoms with van der Waals surface area (Å²) < 4.78 is 0. The van der Waals surface area contributed by atoms with Crippen molar-refractivity contribution in [3.8, 4) is 0 Å².